The zero-order valence-corrected chi connectivity index (χ0v) is 14.9. The van der Waals surface area contributed by atoms with Crippen LogP contribution in [0.1, 0.15) is 31.3 Å². The van der Waals surface area contributed by atoms with Crippen LogP contribution in [0.25, 0.3) is 0 Å². The average Bonchev–Trinajstić information content (AvgIpc) is 3.23. The number of carbonyl (C=O) groups excluding carboxylic acids is 2. The highest BCUT2D eigenvalue weighted by molar-refractivity contribution is 7.12. The first kappa shape index (κ1) is 17.2. The van der Waals surface area contributed by atoms with Crippen molar-refractivity contribution in [3.8, 4) is 0 Å². The van der Waals surface area contributed by atoms with Crippen molar-refractivity contribution < 1.29 is 9.59 Å². The molecule has 2 amide bonds. The van der Waals surface area contributed by atoms with Gasteiger partial charge in [-0.1, -0.05) is 48.0 Å². The topological polar surface area (TPSA) is 76.0 Å². The quantitative estimate of drug-likeness (QED) is 0.689. The van der Waals surface area contributed by atoms with Crippen LogP contribution in [0.3, 0.4) is 0 Å². The Morgan fingerprint density at radius 2 is 1.84 bits per heavy atom. The molecule has 0 aliphatic heterocycles. The number of hydrogen-bond donors (Lipinski definition) is 2. The molecule has 0 radical (unpaired) electrons. The molecular formula is C17H15ClN4O2S. The van der Waals surface area contributed by atoms with Crippen LogP contribution in [-0.4, -0.2) is 21.6 Å². The summed E-state index contributed by atoms with van der Waals surface area (Å²) in [7, 11) is 0. The molecule has 0 unspecified atom stereocenters. The van der Waals surface area contributed by atoms with Crippen molar-refractivity contribution in [1.29, 1.82) is 0 Å². The van der Waals surface area contributed by atoms with Crippen LogP contribution in [0.15, 0.2) is 47.8 Å². The molecule has 0 fully saturated rings. The second kappa shape index (κ2) is 7.50. The minimum absolute atomic E-state index is 0.226. The minimum Gasteiger partial charge on any atom is -0.267 e. The number of benzene rings is 1. The number of thiophene rings is 1. The molecule has 0 saturated carbocycles. The molecule has 6 nitrogen and oxygen atoms in total. The molecule has 0 aliphatic rings. The van der Waals surface area contributed by atoms with E-state index < -0.39 is 5.91 Å². The third kappa shape index (κ3) is 3.89. The summed E-state index contributed by atoms with van der Waals surface area (Å²) in [5.74, 6) is -0.888. The van der Waals surface area contributed by atoms with Gasteiger partial charge in [-0.05, 0) is 23.9 Å². The first-order valence-corrected chi connectivity index (χ1v) is 8.73. The van der Waals surface area contributed by atoms with E-state index in [1.807, 2.05) is 30.3 Å². The van der Waals surface area contributed by atoms with Gasteiger partial charge in [0.1, 0.15) is 10.7 Å². The van der Waals surface area contributed by atoms with Gasteiger partial charge in [0, 0.05) is 0 Å². The molecule has 3 rings (SSSR count). The summed E-state index contributed by atoms with van der Waals surface area (Å²) in [6.07, 6.45) is 0. The van der Waals surface area contributed by atoms with E-state index in [1.54, 1.807) is 29.1 Å². The number of rotatable bonds is 4. The Hall–Kier alpha value is -2.64. The molecule has 128 valence electrons. The van der Waals surface area contributed by atoms with E-state index in [4.69, 9.17) is 11.6 Å². The standard InChI is InChI=1S/C17H15ClN4O2S/c1-11-14(17(24)20-19-16(23)13-8-5-9-25-13)15(18)22(21-11)10-12-6-3-2-4-7-12/h2-9H,10H2,1H3,(H,19,23)(H,20,24). The number of amides is 2. The number of hydrazine groups is 1. The van der Waals surface area contributed by atoms with Gasteiger partial charge in [-0.25, -0.2) is 4.68 Å². The van der Waals surface area contributed by atoms with Crippen molar-refractivity contribution in [2.45, 2.75) is 13.5 Å². The van der Waals surface area contributed by atoms with Gasteiger partial charge < -0.3 is 0 Å². The molecule has 1 aromatic carbocycles. The van der Waals surface area contributed by atoms with Crippen LogP contribution in [0.2, 0.25) is 5.15 Å². The number of nitrogens with zero attached hydrogens (tertiary/aromatic N) is 2. The molecule has 25 heavy (non-hydrogen) atoms. The van der Waals surface area contributed by atoms with Gasteiger partial charge in [0.2, 0.25) is 0 Å². The van der Waals surface area contributed by atoms with Crippen LogP contribution in [0.4, 0.5) is 0 Å². The van der Waals surface area contributed by atoms with Gasteiger partial charge in [-0.15, -0.1) is 11.3 Å². The molecule has 8 heteroatoms. The van der Waals surface area contributed by atoms with E-state index in [0.29, 0.717) is 17.1 Å². The van der Waals surface area contributed by atoms with Gasteiger partial charge in [0.25, 0.3) is 11.8 Å². The second-order valence-electron chi connectivity index (χ2n) is 5.28. The monoisotopic (exact) mass is 374 g/mol. The van der Waals surface area contributed by atoms with Crippen molar-refractivity contribution >= 4 is 34.8 Å². The highest BCUT2D eigenvalue weighted by Crippen LogP contribution is 2.20. The maximum absolute atomic E-state index is 12.4. The lowest BCUT2D eigenvalue weighted by molar-refractivity contribution is 0.0848. The van der Waals surface area contributed by atoms with E-state index in [0.717, 1.165) is 5.56 Å². The number of aryl methyl sites for hydroxylation is 1. The van der Waals surface area contributed by atoms with Gasteiger partial charge in [-0.3, -0.25) is 20.4 Å². The second-order valence-corrected chi connectivity index (χ2v) is 6.59. The van der Waals surface area contributed by atoms with Crippen LogP contribution in [0, 0.1) is 6.92 Å². The Bertz CT molecular complexity index is 891. The molecule has 0 aliphatic carbocycles. The van der Waals surface area contributed by atoms with Gasteiger partial charge in [0.15, 0.2) is 0 Å². The average molecular weight is 375 g/mol. The lowest BCUT2D eigenvalue weighted by Gasteiger charge is -2.06. The van der Waals surface area contributed by atoms with Crippen LogP contribution < -0.4 is 10.9 Å². The van der Waals surface area contributed by atoms with Crippen molar-refractivity contribution in [2.24, 2.45) is 0 Å². The zero-order valence-electron chi connectivity index (χ0n) is 13.3. The fourth-order valence-corrected chi connectivity index (χ4v) is 3.26. The van der Waals surface area contributed by atoms with E-state index in [1.165, 1.54) is 11.3 Å². The normalized spacial score (nSPS) is 10.5. The predicted octanol–water partition coefficient (Wildman–Crippen LogP) is 3.03. The fraction of sp³-hybridized carbons (Fsp3) is 0.118. The molecule has 0 spiro atoms. The third-order valence-electron chi connectivity index (χ3n) is 3.50. The third-order valence-corrected chi connectivity index (χ3v) is 4.75. The van der Waals surface area contributed by atoms with E-state index in [2.05, 4.69) is 16.0 Å². The lowest BCUT2D eigenvalue weighted by Crippen LogP contribution is -2.41. The number of hydrogen-bond acceptors (Lipinski definition) is 4. The first-order chi connectivity index (χ1) is 12.1. The minimum atomic E-state index is -0.508. The van der Waals surface area contributed by atoms with Crippen molar-refractivity contribution in [3.05, 3.63) is 74.7 Å². The SMILES string of the molecule is Cc1nn(Cc2ccccc2)c(Cl)c1C(=O)NNC(=O)c1cccs1. The molecule has 2 heterocycles. The van der Waals surface area contributed by atoms with Crippen molar-refractivity contribution in [3.63, 3.8) is 0 Å². The van der Waals surface area contributed by atoms with E-state index >= 15 is 0 Å². The summed E-state index contributed by atoms with van der Waals surface area (Å²) in [6.45, 7) is 2.15. The Kier molecular flexibility index (Phi) is 5.16. The summed E-state index contributed by atoms with van der Waals surface area (Å²) in [5, 5.41) is 6.33. The van der Waals surface area contributed by atoms with Gasteiger partial charge in [0.05, 0.1) is 17.1 Å². The highest BCUT2D eigenvalue weighted by Gasteiger charge is 2.21. The largest absolute Gasteiger partial charge is 0.279 e. The summed E-state index contributed by atoms with van der Waals surface area (Å²) in [6, 6.07) is 13.1. The number of carbonyl (C=O) groups is 2. The highest BCUT2D eigenvalue weighted by atomic mass is 35.5. The maximum atomic E-state index is 12.4. The Balaban J connectivity index is 1.71. The summed E-state index contributed by atoms with van der Waals surface area (Å²) in [4.78, 5) is 24.8. The Morgan fingerprint density at radius 3 is 2.52 bits per heavy atom. The molecular weight excluding hydrogens is 360 g/mol. The first-order valence-electron chi connectivity index (χ1n) is 7.47. The van der Waals surface area contributed by atoms with Gasteiger partial charge in [-0.2, -0.15) is 5.10 Å². The van der Waals surface area contributed by atoms with Crippen molar-refractivity contribution in [2.75, 3.05) is 0 Å². The van der Waals surface area contributed by atoms with E-state index in [-0.39, 0.29) is 16.6 Å². The van der Waals surface area contributed by atoms with Crippen molar-refractivity contribution in [1.82, 2.24) is 20.6 Å². The molecule has 0 saturated heterocycles. The smallest absolute Gasteiger partial charge is 0.267 e. The van der Waals surface area contributed by atoms with Crippen LogP contribution >= 0.6 is 22.9 Å². The number of aromatic nitrogens is 2. The van der Waals surface area contributed by atoms with Crippen LogP contribution in [-0.2, 0) is 6.54 Å². The molecule has 2 aromatic heterocycles. The summed E-state index contributed by atoms with van der Waals surface area (Å²) in [5.41, 5.74) is 6.50. The Labute approximate surface area is 153 Å². The fourth-order valence-electron chi connectivity index (χ4n) is 2.32. The number of halogens is 1. The molecule has 0 atom stereocenters. The summed E-state index contributed by atoms with van der Waals surface area (Å²) < 4.78 is 1.56. The van der Waals surface area contributed by atoms with E-state index in [9.17, 15) is 9.59 Å². The molecule has 2 N–H and O–H groups in total. The molecule has 3 aromatic rings. The Morgan fingerprint density at radius 1 is 1.12 bits per heavy atom. The summed E-state index contributed by atoms with van der Waals surface area (Å²) >= 11 is 7.60. The lowest BCUT2D eigenvalue weighted by atomic mass is 10.2. The maximum Gasteiger partial charge on any atom is 0.279 e. The predicted molar refractivity (Wildman–Crippen MR) is 96.8 cm³/mol. The number of nitrogens with one attached hydrogen (secondary N) is 2. The van der Waals surface area contributed by atoms with Crippen LogP contribution in [0.5, 0.6) is 0 Å². The van der Waals surface area contributed by atoms with Gasteiger partial charge >= 0.3 is 0 Å². The zero-order chi connectivity index (χ0) is 17.8. The molecule has 0 bridgehead atoms.